The van der Waals surface area contributed by atoms with Crippen molar-refractivity contribution in [3.8, 4) is 0 Å². The topological polar surface area (TPSA) is 15.3 Å². The number of hydrogen-bond donors (Lipinski definition) is 1. The van der Waals surface area contributed by atoms with Crippen LogP contribution >= 0.6 is 0 Å². The molecule has 0 saturated heterocycles. The minimum atomic E-state index is 0.230. The minimum absolute atomic E-state index is 0.230. The quantitative estimate of drug-likeness (QED) is 0.805. The van der Waals surface area contributed by atoms with Crippen molar-refractivity contribution in [3.05, 3.63) is 0 Å². The standard InChI is InChI=1S/C16H34N2/c1-7-14(12-17-16(3,4)5)18(6)15-10-8-9-13(2)11-15/h13-15,17H,7-12H2,1-6H3. The Bertz CT molecular complexity index is 232. The molecule has 0 bridgehead atoms. The average Bonchev–Trinajstić information content (AvgIpc) is 2.28. The van der Waals surface area contributed by atoms with E-state index in [0.717, 1.165) is 18.5 Å². The van der Waals surface area contributed by atoms with Crippen LogP contribution < -0.4 is 5.32 Å². The summed E-state index contributed by atoms with van der Waals surface area (Å²) in [5.74, 6) is 0.916. The molecule has 1 aliphatic carbocycles. The maximum Gasteiger partial charge on any atom is 0.0218 e. The second-order valence-corrected chi connectivity index (χ2v) is 7.28. The molecule has 0 aromatic rings. The predicted molar refractivity (Wildman–Crippen MR) is 81.0 cm³/mol. The summed E-state index contributed by atoms with van der Waals surface area (Å²) in [6, 6.07) is 1.49. The Kier molecular flexibility index (Phi) is 6.13. The van der Waals surface area contributed by atoms with E-state index in [1.54, 1.807) is 0 Å². The van der Waals surface area contributed by atoms with E-state index in [4.69, 9.17) is 0 Å². The Balaban J connectivity index is 2.47. The molecule has 108 valence electrons. The van der Waals surface area contributed by atoms with Gasteiger partial charge in [0, 0.05) is 24.2 Å². The van der Waals surface area contributed by atoms with E-state index in [1.165, 1.54) is 32.1 Å². The fourth-order valence-electron chi connectivity index (χ4n) is 3.07. The first-order valence-electron chi connectivity index (χ1n) is 7.80. The van der Waals surface area contributed by atoms with E-state index in [9.17, 15) is 0 Å². The van der Waals surface area contributed by atoms with Gasteiger partial charge in [0.2, 0.25) is 0 Å². The van der Waals surface area contributed by atoms with Crippen molar-refractivity contribution in [1.29, 1.82) is 0 Å². The molecule has 1 aliphatic rings. The molecule has 2 heteroatoms. The van der Waals surface area contributed by atoms with Gasteiger partial charge in [0.15, 0.2) is 0 Å². The lowest BCUT2D eigenvalue weighted by molar-refractivity contribution is 0.110. The third-order valence-electron chi connectivity index (χ3n) is 4.40. The zero-order chi connectivity index (χ0) is 13.8. The fraction of sp³-hybridized carbons (Fsp3) is 1.00. The molecule has 0 aromatic carbocycles. The molecule has 0 radical (unpaired) electrons. The van der Waals surface area contributed by atoms with Gasteiger partial charge in [-0.1, -0.05) is 26.7 Å². The number of nitrogens with one attached hydrogen (secondary N) is 1. The number of likely N-dealkylation sites (N-methyl/N-ethyl adjacent to an activating group) is 1. The van der Waals surface area contributed by atoms with Gasteiger partial charge in [0.1, 0.15) is 0 Å². The smallest absolute Gasteiger partial charge is 0.0218 e. The minimum Gasteiger partial charge on any atom is -0.311 e. The third-order valence-corrected chi connectivity index (χ3v) is 4.40. The van der Waals surface area contributed by atoms with E-state index in [-0.39, 0.29) is 5.54 Å². The largest absolute Gasteiger partial charge is 0.311 e. The molecule has 3 unspecified atom stereocenters. The number of rotatable bonds is 5. The van der Waals surface area contributed by atoms with E-state index in [0.29, 0.717) is 6.04 Å². The van der Waals surface area contributed by atoms with Crippen LogP contribution in [0.25, 0.3) is 0 Å². The Hall–Kier alpha value is -0.0800. The molecule has 18 heavy (non-hydrogen) atoms. The summed E-state index contributed by atoms with van der Waals surface area (Å²) in [4.78, 5) is 2.65. The van der Waals surface area contributed by atoms with Crippen LogP contribution in [0, 0.1) is 5.92 Å². The molecular formula is C16H34N2. The summed E-state index contributed by atoms with van der Waals surface area (Å²) in [5, 5.41) is 3.66. The Morgan fingerprint density at radius 2 is 1.94 bits per heavy atom. The molecular weight excluding hydrogens is 220 g/mol. The van der Waals surface area contributed by atoms with Gasteiger partial charge in [-0.25, -0.2) is 0 Å². The van der Waals surface area contributed by atoms with E-state index < -0.39 is 0 Å². The second kappa shape index (κ2) is 6.91. The number of hydrogen-bond acceptors (Lipinski definition) is 2. The third kappa shape index (κ3) is 5.27. The van der Waals surface area contributed by atoms with Gasteiger partial charge in [0.05, 0.1) is 0 Å². The molecule has 0 spiro atoms. The van der Waals surface area contributed by atoms with Crippen LogP contribution in [0.1, 0.15) is 66.7 Å². The summed E-state index contributed by atoms with van der Waals surface area (Å²) in [6.45, 7) is 12.6. The molecule has 2 nitrogen and oxygen atoms in total. The maximum atomic E-state index is 3.66. The lowest BCUT2D eigenvalue weighted by Crippen LogP contribution is -2.50. The van der Waals surface area contributed by atoms with Crippen LogP contribution in [0.2, 0.25) is 0 Å². The number of nitrogens with zero attached hydrogens (tertiary/aromatic N) is 1. The molecule has 0 heterocycles. The van der Waals surface area contributed by atoms with Crippen LogP contribution in [0.3, 0.4) is 0 Å². The molecule has 1 fully saturated rings. The molecule has 1 N–H and O–H groups in total. The normalized spacial score (nSPS) is 27.5. The van der Waals surface area contributed by atoms with Crippen molar-refractivity contribution in [2.45, 2.75) is 84.3 Å². The van der Waals surface area contributed by atoms with Crippen LogP contribution in [-0.2, 0) is 0 Å². The molecule has 0 aromatic heterocycles. The van der Waals surface area contributed by atoms with E-state index >= 15 is 0 Å². The molecule has 3 atom stereocenters. The van der Waals surface area contributed by atoms with Gasteiger partial charge in [-0.2, -0.15) is 0 Å². The zero-order valence-electron chi connectivity index (χ0n) is 13.4. The summed E-state index contributed by atoms with van der Waals surface area (Å²) in [7, 11) is 2.33. The van der Waals surface area contributed by atoms with Crippen LogP contribution in [-0.4, -0.2) is 36.1 Å². The highest BCUT2D eigenvalue weighted by Crippen LogP contribution is 2.28. The highest BCUT2D eigenvalue weighted by Gasteiger charge is 2.26. The summed E-state index contributed by atoms with van der Waals surface area (Å²) in [6.07, 6.45) is 6.88. The van der Waals surface area contributed by atoms with E-state index in [2.05, 4.69) is 51.9 Å². The van der Waals surface area contributed by atoms with E-state index in [1.807, 2.05) is 0 Å². The maximum absolute atomic E-state index is 3.66. The van der Waals surface area contributed by atoms with Gasteiger partial charge in [-0.3, -0.25) is 4.90 Å². The first-order valence-corrected chi connectivity index (χ1v) is 7.80. The first-order chi connectivity index (χ1) is 8.33. The van der Waals surface area contributed by atoms with Crippen molar-refractivity contribution in [2.75, 3.05) is 13.6 Å². The molecule has 0 amide bonds. The van der Waals surface area contributed by atoms with Crippen molar-refractivity contribution >= 4 is 0 Å². The van der Waals surface area contributed by atoms with Crippen molar-refractivity contribution < 1.29 is 0 Å². The summed E-state index contributed by atoms with van der Waals surface area (Å²) in [5.41, 5.74) is 0.230. The van der Waals surface area contributed by atoms with Gasteiger partial charge in [-0.15, -0.1) is 0 Å². The lowest BCUT2D eigenvalue weighted by Gasteiger charge is -2.40. The lowest BCUT2D eigenvalue weighted by atomic mass is 9.85. The van der Waals surface area contributed by atoms with Crippen LogP contribution in [0.4, 0.5) is 0 Å². The highest BCUT2D eigenvalue weighted by atomic mass is 15.2. The molecule has 1 rings (SSSR count). The van der Waals surface area contributed by atoms with Gasteiger partial charge >= 0.3 is 0 Å². The molecule has 0 aliphatic heterocycles. The zero-order valence-corrected chi connectivity index (χ0v) is 13.4. The summed E-state index contributed by atoms with van der Waals surface area (Å²) >= 11 is 0. The average molecular weight is 254 g/mol. The van der Waals surface area contributed by atoms with Crippen LogP contribution in [0.5, 0.6) is 0 Å². The van der Waals surface area contributed by atoms with Crippen molar-refractivity contribution in [1.82, 2.24) is 10.2 Å². The predicted octanol–water partition coefficient (Wildman–Crippen LogP) is 3.66. The van der Waals surface area contributed by atoms with Crippen LogP contribution in [0.15, 0.2) is 0 Å². The summed E-state index contributed by atoms with van der Waals surface area (Å²) < 4.78 is 0. The molecule has 1 saturated carbocycles. The Morgan fingerprint density at radius 3 is 2.44 bits per heavy atom. The second-order valence-electron chi connectivity index (χ2n) is 7.28. The van der Waals surface area contributed by atoms with Crippen molar-refractivity contribution in [2.24, 2.45) is 5.92 Å². The van der Waals surface area contributed by atoms with Gasteiger partial charge in [0.25, 0.3) is 0 Å². The van der Waals surface area contributed by atoms with Gasteiger partial charge in [-0.05, 0) is 53.0 Å². The van der Waals surface area contributed by atoms with Crippen molar-refractivity contribution in [3.63, 3.8) is 0 Å². The highest BCUT2D eigenvalue weighted by molar-refractivity contribution is 4.83. The first kappa shape index (κ1) is 16.0. The Labute approximate surface area is 115 Å². The monoisotopic (exact) mass is 254 g/mol. The fourth-order valence-corrected chi connectivity index (χ4v) is 3.07. The SMILES string of the molecule is CCC(CNC(C)(C)C)N(C)C1CCCC(C)C1. The van der Waals surface area contributed by atoms with Gasteiger partial charge < -0.3 is 5.32 Å². The Morgan fingerprint density at radius 1 is 1.28 bits per heavy atom.